The number of hydrogen-bond donors (Lipinski definition) is 2. The zero-order valence-corrected chi connectivity index (χ0v) is 18.8. The third-order valence-corrected chi connectivity index (χ3v) is 6.76. The Kier molecular flexibility index (Phi) is 6.20. The number of phenolic OH excluding ortho intramolecular Hbond substituents is 1. The molecule has 1 aromatic carbocycles. The van der Waals surface area contributed by atoms with Gasteiger partial charge in [-0.25, -0.2) is 8.42 Å². The predicted octanol–water partition coefficient (Wildman–Crippen LogP) is 3.20. The molecule has 0 spiro atoms. The third kappa shape index (κ3) is 5.60. The number of benzene rings is 1. The number of nitriles is 1. The average Bonchev–Trinajstić information content (AvgIpc) is 2.89. The Morgan fingerprint density at radius 1 is 1.17 bits per heavy atom. The van der Waals surface area contributed by atoms with Gasteiger partial charge in [-0.15, -0.1) is 0 Å². The van der Waals surface area contributed by atoms with Gasteiger partial charge in [-0.1, -0.05) is 41.5 Å². The summed E-state index contributed by atoms with van der Waals surface area (Å²) in [6, 6.07) is 5.01. The lowest BCUT2D eigenvalue weighted by molar-refractivity contribution is -0.117. The van der Waals surface area contributed by atoms with Crippen LogP contribution in [-0.2, 0) is 25.5 Å². The maximum Gasteiger partial charge on any atom is 0.262 e. The van der Waals surface area contributed by atoms with Crippen LogP contribution in [0.2, 0.25) is 0 Å². The Balaban J connectivity index is 2.45. The second kappa shape index (κ2) is 7.83. The molecule has 1 atom stereocenters. The van der Waals surface area contributed by atoms with E-state index in [0.717, 1.165) is 11.1 Å². The van der Waals surface area contributed by atoms with Crippen LogP contribution in [0.15, 0.2) is 17.7 Å². The molecule has 1 heterocycles. The fourth-order valence-corrected chi connectivity index (χ4v) is 5.04. The van der Waals surface area contributed by atoms with Crippen molar-refractivity contribution >= 4 is 21.8 Å². The van der Waals surface area contributed by atoms with Gasteiger partial charge in [0.05, 0.1) is 11.5 Å². The summed E-state index contributed by atoms with van der Waals surface area (Å²) in [7, 11) is -3.13. The minimum Gasteiger partial charge on any atom is -0.507 e. The van der Waals surface area contributed by atoms with Crippen molar-refractivity contribution in [3.63, 3.8) is 0 Å². The van der Waals surface area contributed by atoms with E-state index in [4.69, 9.17) is 0 Å². The molecule has 1 aliphatic heterocycles. The molecule has 0 bridgehead atoms. The lowest BCUT2D eigenvalue weighted by Crippen LogP contribution is -2.36. The van der Waals surface area contributed by atoms with E-state index in [0.29, 0.717) is 12.0 Å². The summed E-state index contributed by atoms with van der Waals surface area (Å²) in [6.45, 7) is 11.9. The molecule has 1 aliphatic rings. The molecule has 0 aromatic heterocycles. The standard InChI is InChI=1S/C22H30N2O4S/c1-21(2,3)17-10-14(11-18(19(17)25)22(4,5)6)9-15(12-23)20(26)24-16-7-8-29(27,28)13-16/h9-11,16,25H,7-8,13H2,1-6H3,(H,24,26)/b15-9+/t16-/m1/s1. The Morgan fingerprint density at radius 2 is 1.69 bits per heavy atom. The fraction of sp³-hybridized carbons (Fsp3) is 0.545. The Labute approximate surface area is 173 Å². The molecule has 0 radical (unpaired) electrons. The van der Waals surface area contributed by atoms with E-state index in [1.807, 2.05) is 47.6 Å². The van der Waals surface area contributed by atoms with E-state index < -0.39 is 21.8 Å². The number of sulfone groups is 1. The van der Waals surface area contributed by atoms with Gasteiger partial charge in [0.15, 0.2) is 9.84 Å². The van der Waals surface area contributed by atoms with Crippen LogP contribution < -0.4 is 5.32 Å². The molecule has 1 fully saturated rings. The fourth-order valence-electron chi connectivity index (χ4n) is 3.37. The summed E-state index contributed by atoms with van der Waals surface area (Å²) in [4.78, 5) is 12.5. The highest BCUT2D eigenvalue weighted by Gasteiger charge is 2.30. The molecule has 0 saturated carbocycles. The minimum atomic E-state index is -3.13. The lowest BCUT2D eigenvalue weighted by atomic mass is 9.78. The topological polar surface area (TPSA) is 107 Å². The van der Waals surface area contributed by atoms with Crippen LogP contribution >= 0.6 is 0 Å². The lowest BCUT2D eigenvalue weighted by Gasteiger charge is -2.28. The van der Waals surface area contributed by atoms with Crippen molar-refractivity contribution in [2.75, 3.05) is 11.5 Å². The van der Waals surface area contributed by atoms with Gasteiger partial charge in [-0.3, -0.25) is 4.79 Å². The number of nitrogens with one attached hydrogen (secondary N) is 1. The Morgan fingerprint density at radius 3 is 2.07 bits per heavy atom. The number of hydrogen-bond acceptors (Lipinski definition) is 5. The summed E-state index contributed by atoms with van der Waals surface area (Å²) in [6.07, 6.45) is 1.84. The summed E-state index contributed by atoms with van der Waals surface area (Å²) in [5.74, 6) is -0.414. The summed E-state index contributed by atoms with van der Waals surface area (Å²) in [5.41, 5.74) is 1.34. The molecule has 0 unspecified atom stereocenters. The Hall–Kier alpha value is -2.33. The van der Waals surface area contributed by atoms with Crippen LogP contribution in [0.25, 0.3) is 6.08 Å². The first kappa shape index (κ1) is 23.0. The van der Waals surface area contributed by atoms with E-state index in [9.17, 15) is 23.6 Å². The smallest absolute Gasteiger partial charge is 0.262 e. The van der Waals surface area contributed by atoms with E-state index in [2.05, 4.69) is 5.32 Å². The molecule has 1 saturated heterocycles. The summed E-state index contributed by atoms with van der Waals surface area (Å²) in [5, 5.41) is 23.0. The van der Waals surface area contributed by atoms with E-state index in [1.165, 1.54) is 6.08 Å². The molecule has 1 aromatic rings. The molecule has 2 N–H and O–H groups in total. The molecule has 6 nitrogen and oxygen atoms in total. The monoisotopic (exact) mass is 418 g/mol. The summed E-state index contributed by atoms with van der Waals surface area (Å²) >= 11 is 0. The van der Waals surface area contributed by atoms with E-state index in [-0.39, 0.29) is 33.7 Å². The van der Waals surface area contributed by atoms with Gasteiger partial charge in [0, 0.05) is 17.2 Å². The van der Waals surface area contributed by atoms with Gasteiger partial charge < -0.3 is 10.4 Å². The molecule has 7 heteroatoms. The first-order valence-corrected chi connectivity index (χ1v) is 11.5. The SMILES string of the molecule is CC(C)(C)c1cc(/C=C(\C#N)C(=O)N[C@@H]2CCS(=O)(=O)C2)cc(C(C)(C)C)c1O. The molecular weight excluding hydrogens is 388 g/mol. The maximum absolute atomic E-state index is 12.5. The van der Waals surface area contributed by atoms with Crippen molar-refractivity contribution in [1.82, 2.24) is 5.32 Å². The van der Waals surface area contributed by atoms with Gasteiger partial charge in [0.2, 0.25) is 0 Å². The van der Waals surface area contributed by atoms with Gasteiger partial charge in [-0.2, -0.15) is 5.26 Å². The van der Waals surface area contributed by atoms with Crippen LogP contribution in [0.3, 0.4) is 0 Å². The van der Waals surface area contributed by atoms with Crippen molar-refractivity contribution < 1.29 is 18.3 Å². The van der Waals surface area contributed by atoms with Crippen LogP contribution in [0, 0.1) is 11.3 Å². The zero-order chi connectivity index (χ0) is 22.2. The van der Waals surface area contributed by atoms with Gasteiger partial charge >= 0.3 is 0 Å². The molecule has 0 aliphatic carbocycles. The van der Waals surface area contributed by atoms with Gasteiger partial charge in [0.25, 0.3) is 5.91 Å². The summed E-state index contributed by atoms with van der Waals surface area (Å²) < 4.78 is 23.2. The average molecular weight is 419 g/mol. The maximum atomic E-state index is 12.5. The number of carbonyl (C=O) groups excluding carboxylic acids is 1. The van der Waals surface area contributed by atoms with Crippen LogP contribution in [-0.4, -0.2) is 37.0 Å². The quantitative estimate of drug-likeness (QED) is 0.579. The largest absolute Gasteiger partial charge is 0.507 e. The zero-order valence-electron chi connectivity index (χ0n) is 18.0. The van der Waals surface area contributed by atoms with Gasteiger partial charge in [-0.05, 0) is 41.0 Å². The number of rotatable bonds is 3. The molecule has 1 amide bonds. The van der Waals surface area contributed by atoms with Crippen LogP contribution in [0.5, 0.6) is 5.75 Å². The van der Waals surface area contributed by atoms with Crippen molar-refractivity contribution in [3.05, 3.63) is 34.4 Å². The first-order valence-electron chi connectivity index (χ1n) is 9.65. The van der Waals surface area contributed by atoms with Crippen LogP contribution in [0.4, 0.5) is 0 Å². The third-order valence-electron chi connectivity index (χ3n) is 4.99. The highest BCUT2D eigenvalue weighted by molar-refractivity contribution is 7.91. The van der Waals surface area contributed by atoms with Crippen molar-refractivity contribution in [1.29, 1.82) is 5.26 Å². The van der Waals surface area contributed by atoms with E-state index in [1.54, 1.807) is 12.1 Å². The number of nitrogens with zero attached hydrogens (tertiary/aromatic N) is 1. The van der Waals surface area contributed by atoms with Gasteiger partial charge in [0.1, 0.15) is 17.4 Å². The second-order valence-corrected chi connectivity index (χ2v) is 11.9. The van der Waals surface area contributed by atoms with Crippen molar-refractivity contribution in [3.8, 4) is 11.8 Å². The number of carbonyl (C=O) groups is 1. The molecule has 29 heavy (non-hydrogen) atoms. The number of aromatic hydroxyl groups is 1. The van der Waals surface area contributed by atoms with Crippen molar-refractivity contribution in [2.24, 2.45) is 0 Å². The normalized spacial score (nSPS) is 19.6. The van der Waals surface area contributed by atoms with E-state index >= 15 is 0 Å². The number of phenols is 1. The number of amides is 1. The highest BCUT2D eigenvalue weighted by Crippen LogP contribution is 2.40. The minimum absolute atomic E-state index is 0.0470. The second-order valence-electron chi connectivity index (χ2n) is 9.71. The molecule has 158 valence electrons. The first-order chi connectivity index (χ1) is 13.1. The Bertz CT molecular complexity index is 952. The predicted molar refractivity (Wildman–Crippen MR) is 114 cm³/mol. The highest BCUT2D eigenvalue weighted by atomic mass is 32.2. The molecule has 2 rings (SSSR count). The van der Waals surface area contributed by atoms with Crippen molar-refractivity contribution in [2.45, 2.75) is 64.8 Å². The molecular formula is C22H30N2O4S. The van der Waals surface area contributed by atoms with Crippen LogP contribution in [0.1, 0.15) is 64.7 Å².